The maximum Gasteiger partial charge on any atom is 0.308 e. The summed E-state index contributed by atoms with van der Waals surface area (Å²) in [5.74, 6) is 0.113. The topological polar surface area (TPSA) is 83.6 Å². The normalized spacial score (nSPS) is 12.7. The highest BCUT2D eigenvalue weighted by atomic mass is 16.4. The number of aromatic nitrogens is 4. The molecule has 0 spiro atoms. The lowest BCUT2D eigenvalue weighted by molar-refractivity contribution is -0.140. The molecule has 0 amide bonds. The molecule has 7 heteroatoms. The average molecular weight is 299 g/mol. The summed E-state index contributed by atoms with van der Waals surface area (Å²) in [5.41, 5.74) is 0.705. The molecule has 1 unspecified atom stereocenters. The van der Waals surface area contributed by atoms with E-state index in [-0.39, 0.29) is 0 Å². The average Bonchev–Trinajstić information content (AvgIpc) is 2.88. The lowest BCUT2D eigenvalue weighted by Crippen LogP contribution is -2.29. The summed E-state index contributed by atoms with van der Waals surface area (Å²) >= 11 is 0. The van der Waals surface area contributed by atoms with Crippen molar-refractivity contribution in [1.29, 1.82) is 0 Å². The Bertz CT molecular complexity index is 858. The number of carbonyl (C=O) groups is 1. The van der Waals surface area contributed by atoms with E-state index in [1.54, 1.807) is 11.4 Å². The van der Waals surface area contributed by atoms with E-state index in [2.05, 4.69) is 15.3 Å². The summed E-state index contributed by atoms with van der Waals surface area (Å²) in [6.07, 6.45) is 0. The Hall–Kier alpha value is -2.70. The van der Waals surface area contributed by atoms with Crippen LogP contribution in [0.2, 0.25) is 0 Å². The van der Waals surface area contributed by atoms with Crippen molar-refractivity contribution in [2.24, 2.45) is 5.92 Å². The van der Waals surface area contributed by atoms with Gasteiger partial charge in [0.25, 0.3) is 0 Å². The van der Waals surface area contributed by atoms with Crippen LogP contribution in [0.1, 0.15) is 12.7 Å². The lowest BCUT2D eigenvalue weighted by Gasteiger charge is -2.22. The minimum atomic E-state index is -0.822. The van der Waals surface area contributed by atoms with E-state index in [0.717, 1.165) is 16.6 Å². The molecule has 1 atom stereocenters. The number of benzene rings is 1. The van der Waals surface area contributed by atoms with Gasteiger partial charge in [-0.05, 0) is 6.92 Å². The van der Waals surface area contributed by atoms with Crippen molar-refractivity contribution in [2.45, 2.75) is 13.8 Å². The smallest absolute Gasteiger partial charge is 0.308 e. The molecule has 114 valence electrons. The van der Waals surface area contributed by atoms with Crippen molar-refractivity contribution in [1.82, 2.24) is 19.8 Å². The third-order valence-corrected chi connectivity index (χ3v) is 3.73. The van der Waals surface area contributed by atoms with E-state index in [9.17, 15) is 4.79 Å². The van der Waals surface area contributed by atoms with Crippen molar-refractivity contribution in [2.75, 3.05) is 18.5 Å². The van der Waals surface area contributed by atoms with Gasteiger partial charge < -0.3 is 10.0 Å². The maximum atomic E-state index is 11.1. The largest absolute Gasteiger partial charge is 0.481 e. The number of carboxylic acid groups (broad SMARTS) is 1. The molecular formula is C15H17N5O2. The Morgan fingerprint density at radius 2 is 2.00 bits per heavy atom. The van der Waals surface area contributed by atoms with Crippen LogP contribution in [-0.2, 0) is 4.79 Å². The van der Waals surface area contributed by atoms with Gasteiger partial charge in [0.2, 0.25) is 0 Å². The number of hydrogen-bond donors (Lipinski definition) is 1. The fourth-order valence-corrected chi connectivity index (χ4v) is 2.52. The number of rotatable bonds is 4. The first-order chi connectivity index (χ1) is 10.5. The first-order valence-corrected chi connectivity index (χ1v) is 7.03. The van der Waals surface area contributed by atoms with Gasteiger partial charge in [-0.15, -0.1) is 15.3 Å². The molecule has 0 saturated carbocycles. The standard InChI is InChI=1S/C15H17N5O2/c1-9(15(21)22)8-19(3)14-12-7-5-4-6-11(12)13-17-16-10(2)20(13)18-14/h4-7,9H,8H2,1-3H3,(H,21,22). The monoisotopic (exact) mass is 299 g/mol. The van der Waals surface area contributed by atoms with E-state index in [4.69, 9.17) is 5.11 Å². The predicted octanol–water partition coefficient (Wildman–Crippen LogP) is 1.74. The molecule has 0 aliphatic heterocycles. The van der Waals surface area contributed by atoms with Gasteiger partial charge in [0.1, 0.15) is 0 Å². The van der Waals surface area contributed by atoms with Crippen molar-refractivity contribution >= 4 is 28.2 Å². The second-order valence-corrected chi connectivity index (χ2v) is 5.47. The molecule has 22 heavy (non-hydrogen) atoms. The quantitative estimate of drug-likeness (QED) is 0.790. The van der Waals surface area contributed by atoms with Crippen LogP contribution >= 0.6 is 0 Å². The van der Waals surface area contributed by atoms with Gasteiger partial charge in [-0.25, -0.2) is 0 Å². The highest BCUT2D eigenvalue weighted by Gasteiger charge is 2.18. The summed E-state index contributed by atoms with van der Waals surface area (Å²) < 4.78 is 1.69. The van der Waals surface area contributed by atoms with Crippen LogP contribution in [0.5, 0.6) is 0 Å². The lowest BCUT2D eigenvalue weighted by atomic mass is 10.1. The third kappa shape index (κ3) is 2.24. The number of hydrogen-bond acceptors (Lipinski definition) is 5. The summed E-state index contributed by atoms with van der Waals surface area (Å²) in [6.45, 7) is 3.90. The summed E-state index contributed by atoms with van der Waals surface area (Å²) in [7, 11) is 1.85. The second kappa shape index (κ2) is 5.25. The number of carboxylic acids is 1. The van der Waals surface area contributed by atoms with Gasteiger partial charge in [-0.3, -0.25) is 4.79 Å². The molecule has 0 saturated heterocycles. The van der Waals surface area contributed by atoms with Crippen LogP contribution in [0.25, 0.3) is 16.4 Å². The highest BCUT2D eigenvalue weighted by molar-refractivity contribution is 6.00. The van der Waals surface area contributed by atoms with Crippen molar-refractivity contribution in [3.63, 3.8) is 0 Å². The zero-order valence-electron chi connectivity index (χ0n) is 12.7. The molecule has 2 aromatic heterocycles. The SMILES string of the molecule is Cc1nnc2c3ccccc3c(N(C)CC(C)C(=O)O)nn12. The van der Waals surface area contributed by atoms with Gasteiger partial charge in [0.05, 0.1) is 5.92 Å². The molecule has 7 nitrogen and oxygen atoms in total. The van der Waals surface area contributed by atoms with Crippen LogP contribution in [0.3, 0.4) is 0 Å². The van der Waals surface area contributed by atoms with E-state index < -0.39 is 11.9 Å². The highest BCUT2D eigenvalue weighted by Crippen LogP contribution is 2.27. The van der Waals surface area contributed by atoms with E-state index >= 15 is 0 Å². The number of aryl methyl sites for hydroxylation is 1. The van der Waals surface area contributed by atoms with Crippen LogP contribution < -0.4 is 4.90 Å². The van der Waals surface area contributed by atoms with Gasteiger partial charge >= 0.3 is 5.97 Å². The van der Waals surface area contributed by atoms with Gasteiger partial charge in [-0.1, -0.05) is 31.2 Å². The first-order valence-electron chi connectivity index (χ1n) is 7.03. The van der Waals surface area contributed by atoms with Crippen molar-refractivity contribution in [3.8, 4) is 0 Å². The zero-order chi connectivity index (χ0) is 15.9. The van der Waals surface area contributed by atoms with Crippen LogP contribution in [0.4, 0.5) is 5.82 Å². The Morgan fingerprint density at radius 3 is 2.68 bits per heavy atom. The van der Waals surface area contributed by atoms with Crippen molar-refractivity contribution < 1.29 is 9.90 Å². The first kappa shape index (κ1) is 14.2. The van der Waals surface area contributed by atoms with Gasteiger partial charge in [0.15, 0.2) is 17.3 Å². The molecular weight excluding hydrogens is 282 g/mol. The van der Waals surface area contributed by atoms with Crippen LogP contribution in [-0.4, -0.2) is 44.5 Å². The van der Waals surface area contributed by atoms with Crippen molar-refractivity contribution in [3.05, 3.63) is 30.1 Å². The second-order valence-electron chi connectivity index (χ2n) is 5.47. The number of aliphatic carboxylic acids is 1. The van der Waals surface area contributed by atoms with Crippen LogP contribution in [0.15, 0.2) is 24.3 Å². The van der Waals surface area contributed by atoms with Gasteiger partial charge in [-0.2, -0.15) is 4.52 Å². The van der Waals surface area contributed by atoms with E-state index in [1.165, 1.54) is 0 Å². The minimum absolute atomic E-state index is 0.374. The molecule has 1 aromatic carbocycles. The minimum Gasteiger partial charge on any atom is -0.481 e. The maximum absolute atomic E-state index is 11.1. The number of nitrogens with zero attached hydrogens (tertiary/aromatic N) is 5. The fraction of sp³-hybridized carbons (Fsp3) is 0.333. The summed E-state index contributed by atoms with van der Waals surface area (Å²) in [6, 6.07) is 7.81. The van der Waals surface area contributed by atoms with Gasteiger partial charge in [0, 0.05) is 24.4 Å². The number of anilines is 1. The molecule has 0 aliphatic carbocycles. The molecule has 0 bridgehead atoms. The fourth-order valence-electron chi connectivity index (χ4n) is 2.52. The molecule has 2 heterocycles. The zero-order valence-corrected chi connectivity index (χ0v) is 12.7. The van der Waals surface area contributed by atoms with E-state index in [0.29, 0.717) is 18.0 Å². The third-order valence-electron chi connectivity index (χ3n) is 3.73. The predicted molar refractivity (Wildman–Crippen MR) is 83.1 cm³/mol. The number of fused-ring (bicyclic) bond motifs is 3. The molecule has 3 rings (SSSR count). The molecule has 0 fully saturated rings. The Morgan fingerprint density at radius 1 is 1.32 bits per heavy atom. The van der Waals surface area contributed by atoms with Crippen LogP contribution in [0, 0.1) is 12.8 Å². The van der Waals surface area contributed by atoms with E-state index in [1.807, 2.05) is 43.1 Å². The Kier molecular flexibility index (Phi) is 3.40. The molecule has 3 aromatic rings. The Labute approximate surface area is 127 Å². The summed E-state index contributed by atoms with van der Waals surface area (Å²) in [4.78, 5) is 12.9. The molecule has 0 aliphatic rings. The Balaban J connectivity index is 2.18. The molecule has 1 N–H and O–H groups in total. The summed E-state index contributed by atoms with van der Waals surface area (Å²) in [5, 5.41) is 23.8. The molecule has 0 radical (unpaired) electrons.